The smallest absolute Gasteiger partial charge is 0.226 e. The van der Waals surface area contributed by atoms with Gasteiger partial charge in [0.15, 0.2) is 0 Å². The van der Waals surface area contributed by atoms with E-state index in [4.69, 9.17) is 0 Å². The van der Waals surface area contributed by atoms with Crippen LogP contribution in [0.2, 0.25) is 0 Å². The lowest BCUT2D eigenvalue weighted by molar-refractivity contribution is -0.129. The minimum absolute atomic E-state index is 0.00390. The van der Waals surface area contributed by atoms with Crippen LogP contribution < -0.4 is 5.32 Å². The van der Waals surface area contributed by atoms with E-state index in [1.54, 1.807) is 4.90 Å². The van der Waals surface area contributed by atoms with Crippen LogP contribution in [0.1, 0.15) is 24.8 Å². The van der Waals surface area contributed by atoms with Crippen LogP contribution in [-0.4, -0.2) is 40.3 Å². The van der Waals surface area contributed by atoms with Gasteiger partial charge in [0.25, 0.3) is 0 Å². The molecule has 2 aliphatic heterocycles. The number of carbonyl (C=O) groups excluding carboxylic acids is 2. The lowest BCUT2D eigenvalue weighted by atomic mass is 9.93. The summed E-state index contributed by atoms with van der Waals surface area (Å²) in [6.07, 6.45) is 1.58. The molecule has 1 N–H and O–H groups in total. The van der Waals surface area contributed by atoms with Gasteiger partial charge in [0.1, 0.15) is 5.54 Å². The van der Waals surface area contributed by atoms with E-state index in [1.165, 1.54) is 0 Å². The maximum atomic E-state index is 12.6. The van der Waals surface area contributed by atoms with Crippen LogP contribution >= 0.6 is 11.8 Å². The normalized spacial score (nSPS) is 22.9. The zero-order valence-corrected chi connectivity index (χ0v) is 14.3. The minimum Gasteiger partial charge on any atom is -0.338 e. The summed E-state index contributed by atoms with van der Waals surface area (Å²) in [5.74, 6) is 1.26. The van der Waals surface area contributed by atoms with Crippen LogP contribution in [0.3, 0.4) is 0 Å². The Labute approximate surface area is 146 Å². The lowest BCUT2D eigenvalue weighted by Gasteiger charge is -2.32. The molecule has 3 rings (SSSR count). The highest BCUT2D eigenvalue weighted by atomic mass is 32.2. The van der Waals surface area contributed by atoms with Crippen molar-refractivity contribution in [2.75, 3.05) is 18.1 Å². The van der Waals surface area contributed by atoms with E-state index in [1.807, 2.05) is 42.1 Å². The SMILES string of the molecule is N#CC1(NC(=O)[C@@H]2CC(=O)N(Cc3ccccc3)C2)CCSCC1. The number of nitriles is 1. The van der Waals surface area contributed by atoms with E-state index < -0.39 is 5.54 Å². The molecule has 5 nitrogen and oxygen atoms in total. The van der Waals surface area contributed by atoms with Crippen molar-refractivity contribution in [2.45, 2.75) is 31.3 Å². The van der Waals surface area contributed by atoms with Gasteiger partial charge >= 0.3 is 0 Å². The van der Waals surface area contributed by atoms with Crippen molar-refractivity contribution in [1.29, 1.82) is 5.26 Å². The molecule has 6 heteroatoms. The first-order chi connectivity index (χ1) is 11.6. The number of hydrogen-bond donors (Lipinski definition) is 1. The third-order valence-electron chi connectivity index (χ3n) is 4.72. The van der Waals surface area contributed by atoms with E-state index in [0.717, 1.165) is 17.1 Å². The van der Waals surface area contributed by atoms with Gasteiger partial charge in [0, 0.05) is 19.5 Å². The Morgan fingerprint density at radius 2 is 2.04 bits per heavy atom. The van der Waals surface area contributed by atoms with Crippen LogP contribution in [-0.2, 0) is 16.1 Å². The topological polar surface area (TPSA) is 73.2 Å². The van der Waals surface area contributed by atoms with E-state index in [9.17, 15) is 14.9 Å². The third kappa shape index (κ3) is 3.73. The zero-order chi connectivity index (χ0) is 17.0. The average molecular weight is 343 g/mol. The van der Waals surface area contributed by atoms with Crippen LogP contribution in [0.4, 0.5) is 0 Å². The number of rotatable bonds is 4. The highest BCUT2D eigenvalue weighted by Gasteiger charge is 2.39. The van der Waals surface area contributed by atoms with E-state index in [0.29, 0.717) is 25.9 Å². The van der Waals surface area contributed by atoms with Crippen LogP contribution in [0.15, 0.2) is 30.3 Å². The van der Waals surface area contributed by atoms with Gasteiger partial charge in [0.2, 0.25) is 11.8 Å². The van der Waals surface area contributed by atoms with E-state index in [2.05, 4.69) is 11.4 Å². The molecule has 1 aromatic rings. The summed E-state index contributed by atoms with van der Waals surface area (Å²) in [5, 5.41) is 12.4. The number of carbonyl (C=O) groups is 2. The Balaban J connectivity index is 1.60. The van der Waals surface area contributed by atoms with Crippen LogP contribution in [0.5, 0.6) is 0 Å². The predicted octanol–water partition coefficient (Wildman–Crippen LogP) is 1.94. The fraction of sp³-hybridized carbons (Fsp3) is 0.500. The molecule has 0 radical (unpaired) electrons. The molecule has 2 aliphatic rings. The quantitative estimate of drug-likeness (QED) is 0.907. The van der Waals surface area contributed by atoms with Gasteiger partial charge in [-0.1, -0.05) is 30.3 Å². The summed E-state index contributed by atoms with van der Waals surface area (Å²) in [4.78, 5) is 26.5. The summed E-state index contributed by atoms with van der Waals surface area (Å²) in [7, 11) is 0. The van der Waals surface area contributed by atoms with Crippen molar-refractivity contribution in [3.63, 3.8) is 0 Å². The molecule has 2 saturated heterocycles. The number of likely N-dealkylation sites (tertiary alicyclic amines) is 1. The van der Waals surface area contributed by atoms with E-state index >= 15 is 0 Å². The molecule has 0 unspecified atom stereocenters. The van der Waals surface area contributed by atoms with Gasteiger partial charge in [-0.15, -0.1) is 0 Å². The summed E-state index contributed by atoms with van der Waals surface area (Å²) < 4.78 is 0. The van der Waals surface area contributed by atoms with Crippen molar-refractivity contribution in [1.82, 2.24) is 10.2 Å². The Morgan fingerprint density at radius 1 is 1.33 bits per heavy atom. The van der Waals surface area contributed by atoms with Gasteiger partial charge in [-0.3, -0.25) is 9.59 Å². The molecular formula is C18H21N3O2S. The number of hydrogen-bond acceptors (Lipinski definition) is 4. The number of benzene rings is 1. The molecule has 1 aromatic carbocycles. The van der Waals surface area contributed by atoms with Crippen molar-refractivity contribution in [3.05, 3.63) is 35.9 Å². The molecule has 0 bridgehead atoms. The van der Waals surface area contributed by atoms with Gasteiger partial charge in [0.05, 0.1) is 12.0 Å². The van der Waals surface area contributed by atoms with Gasteiger partial charge in [-0.05, 0) is 29.9 Å². The van der Waals surface area contributed by atoms with Gasteiger partial charge in [-0.25, -0.2) is 0 Å². The second-order valence-electron chi connectivity index (χ2n) is 6.46. The summed E-state index contributed by atoms with van der Waals surface area (Å²) in [5.41, 5.74) is 0.308. The summed E-state index contributed by atoms with van der Waals surface area (Å²) >= 11 is 1.81. The maximum absolute atomic E-state index is 12.6. The Hall–Kier alpha value is -2.00. The first kappa shape index (κ1) is 16.8. The molecule has 126 valence electrons. The van der Waals surface area contributed by atoms with Crippen LogP contribution in [0.25, 0.3) is 0 Å². The largest absolute Gasteiger partial charge is 0.338 e. The fourth-order valence-corrected chi connectivity index (χ4v) is 4.42. The second kappa shape index (κ2) is 7.27. The first-order valence-corrected chi connectivity index (χ1v) is 9.40. The van der Waals surface area contributed by atoms with Crippen molar-refractivity contribution >= 4 is 23.6 Å². The molecular weight excluding hydrogens is 322 g/mol. The predicted molar refractivity (Wildman–Crippen MR) is 93.0 cm³/mol. The Kier molecular flexibility index (Phi) is 5.10. The number of nitrogens with zero attached hydrogens (tertiary/aromatic N) is 2. The van der Waals surface area contributed by atoms with Crippen molar-refractivity contribution in [2.24, 2.45) is 5.92 Å². The minimum atomic E-state index is -0.752. The standard InChI is InChI=1S/C18H21N3O2S/c19-13-18(6-8-24-9-7-18)20-17(23)15-10-16(22)21(12-15)11-14-4-2-1-3-5-14/h1-5,15H,6-12H2,(H,20,23)/t15-/m1/s1. The molecule has 2 fully saturated rings. The Morgan fingerprint density at radius 3 is 2.71 bits per heavy atom. The summed E-state index contributed by atoms with van der Waals surface area (Å²) in [6.45, 7) is 0.958. The van der Waals surface area contributed by atoms with Gasteiger partial charge in [-0.2, -0.15) is 17.0 Å². The highest BCUT2D eigenvalue weighted by Crippen LogP contribution is 2.28. The fourth-order valence-electron chi connectivity index (χ4n) is 3.23. The molecule has 2 heterocycles. The number of nitrogens with one attached hydrogen (secondary N) is 1. The second-order valence-corrected chi connectivity index (χ2v) is 7.68. The molecule has 0 aliphatic carbocycles. The molecule has 0 aromatic heterocycles. The Bertz CT molecular complexity index is 650. The average Bonchev–Trinajstić information content (AvgIpc) is 2.97. The zero-order valence-electron chi connectivity index (χ0n) is 13.5. The van der Waals surface area contributed by atoms with Crippen molar-refractivity contribution in [3.8, 4) is 6.07 Å². The van der Waals surface area contributed by atoms with Crippen molar-refractivity contribution < 1.29 is 9.59 Å². The first-order valence-electron chi connectivity index (χ1n) is 8.25. The third-order valence-corrected chi connectivity index (χ3v) is 5.71. The number of amides is 2. The lowest BCUT2D eigenvalue weighted by Crippen LogP contribution is -2.51. The molecule has 24 heavy (non-hydrogen) atoms. The maximum Gasteiger partial charge on any atom is 0.226 e. The highest BCUT2D eigenvalue weighted by molar-refractivity contribution is 7.99. The van der Waals surface area contributed by atoms with Crippen LogP contribution in [0, 0.1) is 17.2 Å². The molecule has 2 amide bonds. The summed E-state index contributed by atoms with van der Waals surface area (Å²) in [6, 6.07) is 12.1. The number of thioether (sulfide) groups is 1. The molecule has 1 atom stereocenters. The monoisotopic (exact) mass is 343 g/mol. The van der Waals surface area contributed by atoms with Gasteiger partial charge < -0.3 is 10.2 Å². The van der Waals surface area contributed by atoms with E-state index in [-0.39, 0.29) is 24.2 Å². The molecule has 0 spiro atoms. The molecule has 0 saturated carbocycles.